The maximum atomic E-state index is 5.60. The third kappa shape index (κ3) is 4.95. The number of aliphatic imine (C=N–C) groups is 2. The molecule has 3 nitrogen and oxygen atoms in total. The Labute approximate surface area is 355 Å². The number of allylic oxidation sites excluding steroid dienone is 4. The van der Waals surface area contributed by atoms with Crippen molar-refractivity contribution in [2.45, 2.75) is 43.2 Å². The number of benzene rings is 7. The van der Waals surface area contributed by atoms with Gasteiger partial charge in [-0.2, -0.15) is 0 Å². The smallest absolute Gasteiger partial charge is 0.177 e. The second-order valence-corrected chi connectivity index (χ2v) is 18.5. The first-order valence-electron chi connectivity index (χ1n) is 21.1. The number of rotatable bonds is 4. The van der Waals surface area contributed by atoms with E-state index in [4.69, 9.17) is 9.98 Å². The van der Waals surface area contributed by atoms with Gasteiger partial charge in [0.1, 0.15) is 11.7 Å². The molecule has 0 bridgehead atoms. The fourth-order valence-corrected chi connectivity index (χ4v) is 12.3. The average Bonchev–Trinajstić information content (AvgIpc) is 3.82. The summed E-state index contributed by atoms with van der Waals surface area (Å²) in [7, 11) is 0. The second kappa shape index (κ2) is 12.9. The van der Waals surface area contributed by atoms with Gasteiger partial charge in [-0.25, -0.2) is 9.98 Å². The van der Waals surface area contributed by atoms with Crippen molar-refractivity contribution in [2.75, 3.05) is 0 Å². The van der Waals surface area contributed by atoms with Crippen LogP contribution in [0.2, 0.25) is 0 Å². The maximum Gasteiger partial charge on any atom is 0.177 e. The molecule has 2 heterocycles. The summed E-state index contributed by atoms with van der Waals surface area (Å²) in [4.78, 5) is 11.0. The van der Waals surface area contributed by atoms with Gasteiger partial charge in [0.05, 0.1) is 5.41 Å². The highest BCUT2D eigenvalue weighted by Gasteiger charge is 2.59. The number of hydrogen-bond acceptors (Lipinski definition) is 4. The monoisotopic (exact) mass is 789 g/mol. The zero-order chi connectivity index (χ0) is 40.2. The van der Waals surface area contributed by atoms with Crippen LogP contribution >= 0.6 is 11.3 Å². The van der Waals surface area contributed by atoms with E-state index in [1.54, 1.807) is 0 Å². The van der Waals surface area contributed by atoms with Crippen LogP contribution in [0.3, 0.4) is 0 Å². The molecule has 0 amide bonds. The highest BCUT2D eigenvalue weighted by molar-refractivity contribution is 7.25. The van der Waals surface area contributed by atoms with Gasteiger partial charge in [-0.05, 0) is 63.6 Å². The first-order chi connectivity index (χ1) is 29.3. The van der Waals surface area contributed by atoms with Crippen molar-refractivity contribution < 1.29 is 0 Å². The standard InChI is InChI=1S/C56H43N3S/c1-54(2)44-23-11-13-25-46(44)56(47-26-14-12-24-45(47)54)43-32-30-36(37-29-31-40-39-21-10-15-28-49(39)60-50(40)34-37)33-42(43)51-41(22-16-27-48(51)56)53-57-52(35-17-6-4-7-18-35)58-55(3,59-53)38-19-8-5-9-20-38/h4-34,42-43H,1-3H3,(H,57,58,59). The molecule has 12 rings (SSSR count). The van der Waals surface area contributed by atoms with Crippen molar-refractivity contribution in [3.8, 4) is 0 Å². The number of nitrogens with zero attached hydrogens (tertiary/aromatic N) is 2. The van der Waals surface area contributed by atoms with Crippen LogP contribution in [-0.4, -0.2) is 11.7 Å². The molecule has 1 aliphatic heterocycles. The summed E-state index contributed by atoms with van der Waals surface area (Å²) in [5.41, 5.74) is 12.5. The summed E-state index contributed by atoms with van der Waals surface area (Å²) < 4.78 is 2.65. The van der Waals surface area contributed by atoms with Crippen molar-refractivity contribution in [1.29, 1.82) is 0 Å². The largest absolute Gasteiger partial charge is 0.324 e. The number of amidine groups is 2. The summed E-state index contributed by atoms with van der Waals surface area (Å²) in [5, 5.41) is 6.47. The molecule has 0 radical (unpaired) electrons. The Morgan fingerprint density at radius 1 is 0.533 bits per heavy atom. The predicted octanol–water partition coefficient (Wildman–Crippen LogP) is 13.1. The van der Waals surface area contributed by atoms with Gasteiger partial charge in [-0.15, -0.1) is 11.3 Å². The highest BCUT2D eigenvalue weighted by Crippen LogP contribution is 2.65. The van der Waals surface area contributed by atoms with Crippen LogP contribution in [0, 0.1) is 5.92 Å². The van der Waals surface area contributed by atoms with Crippen LogP contribution in [0.25, 0.3) is 25.7 Å². The number of hydrogen-bond donors (Lipinski definition) is 1. The lowest BCUT2D eigenvalue weighted by Gasteiger charge is -2.49. The quantitative estimate of drug-likeness (QED) is 0.189. The van der Waals surface area contributed by atoms with Crippen molar-refractivity contribution in [3.05, 3.63) is 244 Å². The van der Waals surface area contributed by atoms with E-state index in [-0.39, 0.29) is 17.3 Å². The Kier molecular flexibility index (Phi) is 7.62. The van der Waals surface area contributed by atoms with Crippen LogP contribution in [0.4, 0.5) is 0 Å². The SMILES string of the molecule is CC1(c2ccccc2)N=C(c2ccccc2)NC(c2cccc3c2C2C=C(c4ccc5c(c4)sc4ccccc45)C=CC2C32c3ccccc3C(C)(C)c3ccccc32)=N1. The second-order valence-electron chi connectivity index (χ2n) is 17.4. The summed E-state index contributed by atoms with van der Waals surface area (Å²) in [5.74, 6) is 1.84. The lowest BCUT2D eigenvalue weighted by atomic mass is 9.53. The zero-order valence-corrected chi connectivity index (χ0v) is 34.7. The van der Waals surface area contributed by atoms with Gasteiger partial charge in [-0.3, -0.25) is 0 Å². The third-order valence-corrected chi connectivity index (χ3v) is 15.0. The summed E-state index contributed by atoms with van der Waals surface area (Å²) in [6, 6.07) is 62.3. The zero-order valence-electron chi connectivity index (χ0n) is 33.9. The molecule has 8 aromatic rings. The normalized spacial score (nSPS) is 21.6. The van der Waals surface area contributed by atoms with Crippen LogP contribution in [0.1, 0.15) is 82.3 Å². The lowest BCUT2D eigenvalue weighted by Crippen LogP contribution is -2.44. The van der Waals surface area contributed by atoms with Crippen LogP contribution < -0.4 is 5.32 Å². The van der Waals surface area contributed by atoms with Gasteiger partial charge in [0.2, 0.25) is 0 Å². The van der Waals surface area contributed by atoms with E-state index >= 15 is 0 Å². The van der Waals surface area contributed by atoms with E-state index in [9.17, 15) is 0 Å². The Bertz CT molecular complexity index is 3130. The number of thiophene rings is 1. The summed E-state index contributed by atoms with van der Waals surface area (Å²) >= 11 is 1.88. The molecule has 3 unspecified atom stereocenters. The van der Waals surface area contributed by atoms with Crippen LogP contribution in [0.15, 0.2) is 198 Å². The van der Waals surface area contributed by atoms with Gasteiger partial charge in [0.15, 0.2) is 5.66 Å². The minimum absolute atomic E-state index is 0.0585. The molecule has 4 aliphatic rings. The Morgan fingerprint density at radius 2 is 1.15 bits per heavy atom. The molecule has 0 fully saturated rings. The fraction of sp³-hybridized carbons (Fsp3) is 0.143. The van der Waals surface area contributed by atoms with Crippen LogP contribution in [-0.2, 0) is 16.5 Å². The predicted molar refractivity (Wildman–Crippen MR) is 250 cm³/mol. The van der Waals surface area contributed by atoms with Crippen molar-refractivity contribution in [2.24, 2.45) is 15.9 Å². The molecule has 1 spiro atoms. The molecule has 7 aromatic carbocycles. The molecule has 1 aromatic heterocycles. The summed E-state index contributed by atoms with van der Waals surface area (Å²) in [6.45, 7) is 6.94. The minimum Gasteiger partial charge on any atom is -0.324 e. The molecular formula is C56H43N3S. The third-order valence-electron chi connectivity index (χ3n) is 13.9. The first kappa shape index (κ1) is 35.3. The average molecular weight is 790 g/mol. The topological polar surface area (TPSA) is 36.8 Å². The number of nitrogens with one attached hydrogen (secondary N) is 1. The first-order valence-corrected chi connectivity index (χ1v) is 21.9. The Balaban J connectivity index is 1.12. The van der Waals surface area contributed by atoms with Crippen molar-refractivity contribution in [1.82, 2.24) is 5.32 Å². The lowest BCUT2D eigenvalue weighted by molar-refractivity contribution is 0.421. The van der Waals surface area contributed by atoms with E-state index in [2.05, 4.69) is 214 Å². The molecule has 0 saturated carbocycles. The maximum absolute atomic E-state index is 5.60. The molecule has 0 saturated heterocycles. The van der Waals surface area contributed by atoms with Gasteiger partial charge in [0, 0.05) is 54.1 Å². The van der Waals surface area contributed by atoms with Gasteiger partial charge in [-0.1, -0.05) is 190 Å². The van der Waals surface area contributed by atoms with Gasteiger partial charge in [0.25, 0.3) is 0 Å². The fourth-order valence-electron chi connectivity index (χ4n) is 11.2. The molecule has 4 heteroatoms. The molecule has 288 valence electrons. The van der Waals surface area contributed by atoms with Crippen molar-refractivity contribution in [3.63, 3.8) is 0 Å². The van der Waals surface area contributed by atoms with E-state index in [0.29, 0.717) is 0 Å². The van der Waals surface area contributed by atoms with E-state index in [1.807, 2.05) is 11.3 Å². The van der Waals surface area contributed by atoms with Crippen molar-refractivity contribution >= 4 is 48.8 Å². The minimum atomic E-state index is -0.841. The summed E-state index contributed by atoms with van der Waals surface area (Å²) in [6.07, 6.45) is 7.54. The molecular weight excluding hydrogens is 747 g/mol. The molecule has 3 aliphatic carbocycles. The van der Waals surface area contributed by atoms with E-state index in [0.717, 1.165) is 28.4 Å². The number of fused-ring (bicyclic) bond motifs is 12. The van der Waals surface area contributed by atoms with Gasteiger partial charge < -0.3 is 5.32 Å². The van der Waals surface area contributed by atoms with E-state index < -0.39 is 11.1 Å². The van der Waals surface area contributed by atoms with E-state index in [1.165, 1.54) is 64.7 Å². The van der Waals surface area contributed by atoms with Gasteiger partial charge >= 0.3 is 0 Å². The molecule has 60 heavy (non-hydrogen) atoms. The Hall–Kier alpha value is -6.62. The Morgan fingerprint density at radius 3 is 1.90 bits per heavy atom. The molecule has 1 N–H and O–H groups in total. The van der Waals surface area contributed by atoms with Crippen LogP contribution in [0.5, 0.6) is 0 Å². The molecule has 3 atom stereocenters. The highest BCUT2D eigenvalue weighted by atomic mass is 32.1.